The van der Waals surface area contributed by atoms with E-state index in [1.807, 2.05) is 6.92 Å². The van der Waals surface area contributed by atoms with Gasteiger partial charge >= 0.3 is 0 Å². The molecule has 0 radical (unpaired) electrons. The fourth-order valence-electron chi connectivity index (χ4n) is 3.34. The van der Waals surface area contributed by atoms with Gasteiger partial charge in [0.2, 0.25) is 0 Å². The summed E-state index contributed by atoms with van der Waals surface area (Å²) in [7, 11) is 1.68. The van der Waals surface area contributed by atoms with Gasteiger partial charge in [-0.15, -0.1) is 0 Å². The third-order valence-corrected chi connectivity index (χ3v) is 4.25. The van der Waals surface area contributed by atoms with Gasteiger partial charge in [-0.05, 0) is 49.1 Å². The monoisotopic (exact) mass is 299 g/mol. The fraction of sp³-hybridized carbons (Fsp3) is 0.333. The van der Waals surface area contributed by atoms with Crippen molar-refractivity contribution in [3.8, 4) is 17.2 Å². The van der Waals surface area contributed by atoms with E-state index in [1.54, 1.807) is 19.2 Å². The Labute approximate surface area is 130 Å². The molecule has 1 heterocycles. The van der Waals surface area contributed by atoms with Crippen LogP contribution in [0.2, 0.25) is 0 Å². The summed E-state index contributed by atoms with van der Waals surface area (Å²) in [5.74, 6) is 0.714. The number of ether oxygens (including phenoxy) is 1. The van der Waals surface area contributed by atoms with Crippen LogP contribution in [-0.4, -0.2) is 23.9 Å². The summed E-state index contributed by atoms with van der Waals surface area (Å²) in [4.78, 5) is 0. The summed E-state index contributed by atoms with van der Waals surface area (Å²) in [6, 6.07) is 7.47. The average Bonchev–Trinajstić information content (AvgIpc) is 2.47. The molecule has 0 amide bonds. The minimum atomic E-state index is -0.0872. The van der Waals surface area contributed by atoms with Gasteiger partial charge in [0, 0.05) is 12.1 Å². The lowest BCUT2D eigenvalue weighted by molar-refractivity contribution is 0.394. The van der Waals surface area contributed by atoms with E-state index >= 15 is 0 Å². The van der Waals surface area contributed by atoms with Crippen molar-refractivity contribution in [1.82, 2.24) is 5.32 Å². The molecule has 1 atom stereocenters. The Morgan fingerprint density at radius 2 is 1.77 bits per heavy atom. The molecule has 3 rings (SSSR count). The van der Waals surface area contributed by atoms with E-state index in [1.165, 1.54) is 5.56 Å². The zero-order chi connectivity index (χ0) is 15.9. The first-order valence-corrected chi connectivity index (χ1v) is 7.44. The van der Waals surface area contributed by atoms with Crippen LogP contribution in [-0.2, 0) is 6.42 Å². The van der Waals surface area contributed by atoms with Crippen LogP contribution in [0.15, 0.2) is 24.3 Å². The summed E-state index contributed by atoms with van der Waals surface area (Å²) < 4.78 is 5.60. The second kappa shape index (κ2) is 5.54. The molecule has 2 aromatic carbocycles. The van der Waals surface area contributed by atoms with E-state index in [0.717, 1.165) is 41.0 Å². The Morgan fingerprint density at radius 1 is 1.05 bits per heavy atom. The molecule has 4 heteroatoms. The van der Waals surface area contributed by atoms with Gasteiger partial charge < -0.3 is 20.3 Å². The molecule has 0 aliphatic carbocycles. The molecule has 1 aliphatic heterocycles. The zero-order valence-electron chi connectivity index (χ0n) is 13.1. The van der Waals surface area contributed by atoms with E-state index in [2.05, 4.69) is 24.4 Å². The maximum Gasteiger partial charge on any atom is 0.157 e. The molecule has 22 heavy (non-hydrogen) atoms. The molecule has 116 valence electrons. The summed E-state index contributed by atoms with van der Waals surface area (Å²) in [5, 5.41) is 23.1. The molecular weight excluding hydrogens is 278 g/mol. The number of fused-ring (bicyclic) bond motifs is 1. The number of aromatic hydroxyl groups is 2. The number of benzene rings is 2. The lowest BCUT2D eigenvalue weighted by atomic mass is 9.87. The van der Waals surface area contributed by atoms with Crippen LogP contribution in [0.25, 0.3) is 0 Å². The second-order valence-electron chi connectivity index (χ2n) is 5.88. The van der Waals surface area contributed by atoms with E-state index < -0.39 is 0 Å². The quantitative estimate of drug-likeness (QED) is 0.746. The Kier molecular flexibility index (Phi) is 3.71. The minimum Gasteiger partial charge on any atom is -0.504 e. The standard InChI is InChI=1S/C18H21NO3/c1-10-6-11(2)18(22-3)14(7-10)17-13-9-16(21)15(20)8-12(13)4-5-19-17/h6-9,17,19-21H,4-5H2,1-3H3. The van der Waals surface area contributed by atoms with Crippen LogP contribution in [0.1, 0.15) is 33.9 Å². The van der Waals surface area contributed by atoms with Crippen LogP contribution >= 0.6 is 0 Å². The Morgan fingerprint density at radius 3 is 2.50 bits per heavy atom. The van der Waals surface area contributed by atoms with Crippen molar-refractivity contribution in [2.24, 2.45) is 0 Å². The second-order valence-corrected chi connectivity index (χ2v) is 5.88. The normalized spacial score (nSPS) is 17.1. The summed E-state index contributed by atoms with van der Waals surface area (Å²) >= 11 is 0. The van der Waals surface area contributed by atoms with Crippen molar-refractivity contribution < 1.29 is 14.9 Å². The molecule has 0 saturated carbocycles. The van der Waals surface area contributed by atoms with Gasteiger partial charge in [0.05, 0.1) is 13.2 Å². The number of rotatable bonds is 2. The maximum atomic E-state index is 9.87. The van der Waals surface area contributed by atoms with Gasteiger partial charge in [-0.1, -0.05) is 17.7 Å². The molecule has 0 saturated heterocycles. The van der Waals surface area contributed by atoms with E-state index in [9.17, 15) is 10.2 Å². The molecule has 3 N–H and O–H groups in total. The van der Waals surface area contributed by atoms with E-state index in [-0.39, 0.29) is 17.5 Å². The average molecular weight is 299 g/mol. The maximum absolute atomic E-state index is 9.87. The summed E-state index contributed by atoms with van der Waals surface area (Å²) in [6.45, 7) is 4.92. The van der Waals surface area contributed by atoms with Crippen molar-refractivity contribution in [3.05, 3.63) is 52.1 Å². The minimum absolute atomic E-state index is 0.0520. The SMILES string of the molecule is COc1c(C)cc(C)cc1C1NCCc2cc(O)c(O)cc21. The predicted octanol–water partition coefficient (Wildman–Crippen LogP) is 2.96. The molecule has 0 aromatic heterocycles. The third kappa shape index (κ3) is 2.40. The van der Waals surface area contributed by atoms with Gasteiger partial charge in [-0.25, -0.2) is 0 Å². The smallest absolute Gasteiger partial charge is 0.157 e. The first-order valence-electron chi connectivity index (χ1n) is 7.44. The molecule has 0 spiro atoms. The Hall–Kier alpha value is -2.20. The highest BCUT2D eigenvalue weighted by molar-refractivity contribution is 5.54. The number of phenolic OH excluding ortho intramolecular Hbond substituents is 2. The van der Waals surface area contributed by atoms with Gasteiger partial charge in [0.1, 0.15) is 5.75 Å². The topological polar surface area (TPSA) is 61.7 Å². The van der Waals surface area contributed by atoms with Gasteiger partial charge in [-0.3, -0.25) is 0 Å². The summed E-state index contributed by atoms with van der Waals surface area (Å²) in [6.07, 6.45) is 0.826. The van der Waals surface area contributed by atoms with Crippen LogP contribution in [0, 0.1) is 13.8 Å². The predicted molar refractivity (Wildman–Crippen MR) is 85.8 cm³/mol. The lowest BCUT2D eigenvalue weighted by Gasteiger charge is -2.29. The van der Waals surface area contributed by atoms with E-state index in [0.29, 0.717) is 0 Å². The molecule has 1 aliphatic rings. The molecule has 1 unspecified atom stereocenters. The van der Waals surface area contributed by atoms with Crippen LogP contribution in [0.3, 0.4) is 0 Å². The summed E-state index contributed by atoms with van der Waals surface area (Å²) in [5.41, 5.74) is 5.37. The van der Waals surface area contributed by atoms with Gasteiger partial charge in [0.25, 0.3) is 0 Å². The number of phenols is 2. The Balaban J connectivity index is 2.18. The van der Waals surface area contributed by atoms with Crippen LogP contribution in [0.5, 0.6) is 17.2 Å². The number of nitrogens with one attached hydrogen (secondary N) is 1. The van der Waals surface area contributed by atoms with Gasteiger partial charge in [-0.2, -0.15) is 0 Å². The zero-order valence-corrected chi connectivity index (χ0v) is 13.1. The third-order valence-electron chi connectivity index (χ3n) is 4.25. The van der Waals surface area contributed by atoms with Crippen molar-refractivity contribution in [2.75, 3.05) is 13.7 Å². The number of hydrogen-bond acceptors (Lipinski definition) is 4. The highest BCUT2D eigenvalue weighted by Gasteiger charge is 2.26. The number of aryl methyl sites for hydroxylation is 2. The lowest BCUT2D eigenvalue weighted by Crippen LogP contribution is -2.31. The highest BCUT2D eigenvalue weighted by atomic mass is 16.5. The highest BCUT2D eigenvalue weighted by Crippen LogP contribution is 2.40. The van der Waals surface area contributed by atoms with Crippen LogP contribution in [0.4, 0.5) is 0 Å². The molecule has 2 aromatic rings. The van der Waals surface area contributed by atoms with Crippen molar-refractivity contribution in [3.63, 3.8) is 0 Å². The molecule has 0 bridgehead atoms. The number of hydrogen-bond donors (Lipinski definition) is 3. The first-order chi connectivity index (χ1) is 10.5. The largest absolute Gasteiger partial charge is 0.504 e. The molecular formula is C18H21NO3. The van der Waals surface area contributed by atoms with Crippen molar-refractivity contribution in [1.29, 1.82) is 0 Å². The van der Waals surface area contributed by atoms with Crippen molar-refractivity contribution >= 4 is 0 Å². The van der Waals surface area contributed by atoms with Gasteiger partial charge in [0.15, 0.2) is 11.5 Å². The number of methoxy groups -OCH3 is 1. The first kappa shape index (κ1) is 14.7. The molecule has 0 fully saturated rings. The molecule has 4 nitrogen and oxygen atoms in total. The van der Waals surface area contributed by atoms with Crippen molar-refractivity contribution in [2.45, 2.75) is 26.3 Å². The fourth-order valence-corrected chi connectivity index (χ4v) is 3.34. The van der Waals surface area contributed by atoms with Crippen LogP contribution < -0.4 is 10.1 Å². The van der Waals surface area contributed by atoms with E-state index in [4.69, 9.17) is 4.74 Å². The Bertz CT molecular complexity index is 725.